The van der Waals surface area contributed by atoms with Gasteiger partial charge in [-0.15, -0.1) is 0 Å². The van der Waals surface area contributed by atoms with Crippen molar-refractivity contribution in [3.05, 3.63) is 66.0 Å². The Morgan fingerprint density at radius 1 is 1.00 bits per heavy atom. The van der Waals surface area contributed by atoms with Gasteiger partial charge in [-0.05, 0) is 31.5 Å². The van der Waals surface area contributed by atoms with Gasteiger partial charge in [-0.1, -0.05) is 42.5 Å². The Morgan fingerprint density at radius 2 is 1.82 bits per heavy atom. The van der Waals surface area contributed by atoms with Crippen LogP contribution in [0.5, 0.6) is 5.75 Å². The number of ether oxygens (including phenoxy) is 1. The summed E-state index contributed by atoms with van der Waals surface area (Å²) in [6, 6.07) is 18.2. The van der Waals surface area contributed by atoms with E-state index < -0.39 is 0 Å². The van der Waals surface area contributed by atoms with E-state index in [0.717, 1.165) is 23.0 Å². The molecule has 0 bridgehead atoms. The minimum absolute atomic E-state index is 0.562. The maximum atomic E-state index is 5.80. The second-order valence-corrected chi connectivity index (χ2v) is 5.24. The number of aromatic nitrogens is 3. The van der Waals surface area contributed by atoms with Crippen LogP contribution in [-0.4, -0.2) is 21.4 Å². The first-order chi connectivity index (χ1) is 10.7. The maximum absolute atomic E-state index is 5.80. The molecule has 0 amide bonds. The largest absolute Gasteiger partial charge is 0.492 e. The van der Waals surface area contributed by atoms with Crippen molar-refractivity contribution in [1.82, 2.24) is 14.8 Å². The first kappa shape index (κ1) is 14.3. The molecule has 0 saturated carbocycles. The number of aryl methyl sites for hydroxylation is 2. The van der Waals surface area contributed by atoms with Crippen LogP contribution in [0.25, 0.3) is 11.4 Å². The van der Waals surface area contributed by atoms with Gasteiger partial charge in [0.25, 0.3) is 0 Å². The number of hydrogen-bond acceptors (Lipinski definition) is 3. The van der Waals surface area contributed by atoms with Crippen molar-refractivity contribution in [1.29, 1.82) is 0 Å². The summed E-state index contributed by atoms with van der Waals surface area (Å²) in [5.74, 6) is 2.54. The summed E-state index contributed by atoms with van der Waals surface area (Å²) in [4.78, 5) is 4.52. The lowest BCUT2D eigenvalue weighted by Crippen LogP contribution is -2.11. The van der Waals surface area contributed by atoms with E-state index in [9.17, 15) is 0 Å². The molecular formula is C18H19N3O. The predicted octanol–water partition coefficient (Wildman–Crippen LogP) is 3.64. The quantitative estimate of drug-likeness (QED) is 0.721. The summed E-state index contributed by atoms with van der Waals surface area (Å²) < 4.78 is 7.71. The molecule has 0 aliphatic carbocycles. The molecule has 2 aromatic carbocycles. The van der Waals surface area contributed by atoms with Gasteiger partial charge in [0.15, 0.2) is 5.82 Å². The van der Waals surface area contributed by atoms with Gasteiger partial charge in [0, 0.05) is 5.56 Å². The second-order valence-electron chi connectivity index (χ2n) is 5.24. The van der Waals surface area contributed by atoms with Crippen LogP contribution in [0.4, 0.5) is 0 Å². The molecule has 112 valence electrons. The van der Waals surface area contributed by atoms with Crippen LogP contribution in [0.2, 0.25) is 0 Å². The molecule has 4 nitrogen and oxygen atoms in total. The summed E-state index contributed by atoms with van der Waals surface area (Å²) in [6.45, 7) is 5.19. The SMILES string of the molecule is Cc1cccc(OCCn2nc(C)nc2-c2ccccc2)c1. The smallest absolute Gasteiger partial charge is 0.158 e. The lowest BCUT2D eigenvalue weighted by Gasteiger charge is -2.09. The molecule has 0 fully saturated rings. The van der Waals surface area contributed by atoms with Gasteiger partial charge >= 0.3 is 0 Å². The van der Waals surface area contributed by atoms with E-state index in [2.05, 4.69) is 23.1 Å². The van der Waals surface area contributed by atoms with Crippen molar-refractivity contribution >= 4 is 0 Å². The summed E-state index contributed by atoms with van der Waals surface area (Å²) in [6.07, 6.45) is 0. The molecule has 0 unspecified atom stereocenters. The molecule has 22 heavy (non-hydrogen) atoms. The third-order valence-corrected chi connectivity index (χ3v) is 3.37. The Morgan fingerprint density at radius 3 is 2.59 bits per heavy atom. The Kier molecular flexibility index (Phi) is 4.19. The molecule has 0 aliphatic rings. The highest BCUT2D eigenvalue weighted by Crippen LogP contribution is 2.17. The van der Waals surface area contributed by atoms with Crippen LogP contribution in [0.3, 0.4) is 0 Å². The topological polar surface area (TPSA) is 39.9 Å². The molecule has 0 radical (unpaired) electrons. The number of nitrogens with zero attached hydrogens (tertiary/aromatic N) is 3. The fraction of sp³-hybridized carbons (Fsp3) is 0.222. The lowest BCUT2D eigenvalue weighted by atomic mass is 10.2. The van der Waals surface area contributed by atoms with Gasteiger partial charge in [-0.2, -0.15) is 5.10 Å². The van der Waals surface area contributed by atoms with E-state index in [1.165, 1.54) is 5.56 Å². The van der Waals surface area contributed by atoms with Crippen molar-refractivity contribution in [3.63, 3.8) is 0 Å². The van der Waals surface area contributed by atoms with Crippen LogP contribution >= 0.6 is 0 Å². The predicted molar refractivity (Wildman–Crippen MR) is 86.9 cm³/mol. The molecule has 1 aromatic heterocycles. The van der Waals surface area contributed by atoms with Crippen LogP contribution < -0.4 is 4.74 Å². The fourth-order valence-corrected chi connectivity index (χ4v) is 2.37. The van der Waals surface area contributed by atoms with E-state index in [0.29, 0.717) is 13.2 Å². The number of rotatable bonds is 5. The Balaban J connectivity index is 1.71. The van der Waals surface area contributed by atoms with E-state index in [-0.39, 0.29) is 0 Å². The zero-order chi connectivity index (χ0) is 15.4. The maximum Gasteiger partial charge on any atom is 0.158 e. The summed E-state index contributed by atoms with van der Waals surface area (Å²) >= 11 is 0. The van der Waals surface area contributed by atoms with Crippen LogP contribution in [0.15, 0.2) is 54.6 Å². The molecule has 0 atom stereocenters. The average Bonchev–Trinajstić information content (AvgIpc) is 2.89. The van der Waals surface area contributed by atoms with E-state index in [1.807, 2.05) is 60.1 Å². The third-order valence-electron chi connectivity index (χ3n) is 3.37. The van der Waals surface area contributed by atoms with Gasteiger partial charge in [0.1, 0.15) is 18.2 Å². The van der Waals surface area contributed by atoms with Gasteiger partial charge in [0.05, 0.1) is 6.54 Å². The lowest BCUT2D eigenvalue weighted by molar-refractivity contribution is 0.291. The van der Waals surface area contributed by atoms with Crippen LogP contribution in [0.1, 0.15) is 11.4 Å². The molecule has 0 spiro atoms. The van der Waals surface area contributed by atoms with Crippen LogP contribution in [-0.2, 0) is 6.54 Å². The van der Waals surface area contributed by atoms with Crippen molar-refractivity contribution in [3.8, 4) is 17.1 Å². The first-order valence-corrected chi connectivity index (χ1v) is 7.39. The van der Waals surface area contributed by atoms with E-state index in [1.54, 1.807) is 0 Å². The normalized spacial score (nSPS) is 10.6. The molecule has 0 aliphatic heterocycles. The molecule has 3 aromatic rings. The standard InChI is InChI=1S/C18H19N3O/c1-14-7-6-10-17(13-14)22-12-11-21-18(19-15(2)20-21)16-8-4-3-5-9-16/h3-10,13H,11-12H2,1-2H3. The summed E-state index contributed by atoms with van der Waals surface area (Å²) in [7, 11) is 0. The van der Waals surface area contributed by atoms with Gasteiger partial charge in [0.2, 0.25) is 0 Å². The first-order valence-electron chi connectivity index (χ1n) is 7.39. The van der Waals surface area contributed by atoms with E-state index in [4.69, 9.17) is 4.74 Å². The van der Waals surface area contributed by atoms with Crippen molar-refractivity contribution in [2.75, 3.05) is 6.61 Å². The molecule has 0 N–H and O–H groups in total. The molecule has 3 rings (SSSR count). The van der Waals surface area contributed by atoms with Gasteiger partial charge in [-0.25, -0.2) is 9.67 Å². The molecule has 1 heterocycles. The Bertz CT molecular complexity index is 750. The Hall–Kier alpha value is -2.62. The number of benzene rings is 2. The summed E-state index contributed by atoms with van der Waals surface area (Å²) in [5, 5.41) is 4.46. The highest BCUT2D eigenvalue weighted by molar-refractivity contribution is 5.54. The minimum atomic E-state index is 0.562. The van der Waals surface area contributed by atoms with Crippen molar-refractivity contribution in [2.45, 2.75) is 20.4 Å². The van der Waals surface area contributed by atoms with Gasteiger partial charge < -0.3 is 4.74 Å². The van der Waals surface area contributed by atoms with Crippen molar-refractivity contribution < 1.29 is 4.74 Å². The molecular weight excluding hydrogens is 274 g/mol. The Labute approximate surface area is 130 Å². The van der Waals surface area contributed by atoms with Crippen molar-refractivity contribution in [2.24, 2.45) is 0 Å². The highest BCUT2D eigenvalue weighted by Gasteiger charge is 2.09. The molecule has 0 saturated heterocycles. The fourth-order valence-electron chi connectivity index (χ4n) is 2.37. The second kappa shape index (κ2) is 6.43. The van der Waals surface area contributed by atoms with Gasteiger partial charge in [-0.3, -0.25) is 0 Å². The minimum Gasteiger partial charge on any atom is -0.492 e. The zero-order valence-electron chi connectivity index (χ0n) is 12.9. The average molecular weight is 293 g/mol. The molecule has 4 heteroatoms. The monoisotopic (exact) mass is 293 g/mol. The third kappa shape index (κ3) is 3.34. The zero-order valence-corrected chi connectivity index (χ0v) is 12.9. The number of hydrogen-bond donors (Lipinski definition) is 0. The van der Waals surface area contributed by atoms with E-state index >= 15 is 0 Å². The summed E-state index contributed by atoms with van der Waals surface area (Å²) in [5.41, 5.74) is 2.26. The highest BCUT2D eigenvalue weighted by atomic mass is 16.5. The van der Waals surface area contributed by atoms with Crippen LogP contribution in [0, 0.1) is 13.8 Å².